The lowest BCUT2D eigenvalue weighted by Gasteiger charge is -2.24. The van der Waals surface area contributed by atoms with Crippen LogP contribution in [-0.2, 0) is 4.79 Å². The highest BCUT2D eigenvalue weighted by Crippen LogP contribution is 2.50. The number of nitrogens with one attached hydrogen (secondary N) is 1. The number of nitrogens with zero attached hydrogens (tertiary/aromatic N) is 2. The van der Waals surface area contributed by atoms with Gasteiger partial charge in [0.2, 0.25) is 5.91 Å². The van der Waals surface area contributed by atoms with Gasteiger partial charge in [-0.25, -0.2) is 4.98 Å². The number of hydrogen-bond acceptors (Lipinski definition) is 5. The van der Waals surface area contributed by atoms with E-state index in [4.69, 9.17) is 4.98 Å². The average Bonchev–Trinajstić information content (AvgIpc) is 3.19. The molecule has 0 spiro atoms. The van der Waals surface area contributed by atoms with E-state index in [1.165, 1.54) is 18.2 Å². The Morgan fingerprint density at radius 3 is 2.62 bits per heavy atom. The van der Waals surface area contributed by atoms with Gasteiger partial charge in [0.25, 0.3) is 5.56 Å². The molecular formula is C26H26BrN3O2S2. The molecule has 0 saturated heterocycles. The monoisotopic (exact) mass is 555 g/mol. The van der Waals surface area contributed by atoms with Crippen molar-refractivity contribution in [2.45, 2.75) is 60.9 Å². The number of fused-ring (bicyclic) bond motifs is 3. The maximum Gasteiger partial charge on any atom is 0.263 e. The number of halogens is 1. The van der Waals surface area contributed by atoms with Gasteiger partial charge in [0.15, 0.2) is 5.16 Å². The first-order valence-electron chi connectivity index (χ1n) is 11.5. The third kappa shape index (κ3) is 4.60. The normalized spacial score (nSPS) is 18.9. The fraction of sp³-hybridized carbons (Fsp3) is 0.346. The molecule has 1 aliphatic carbocycles. The zero-order chi connectivity index (χ0) is 23.8. The number of thioether (sulfide) groups is 2. The fourth-order valence-electron chi connectivity index (χ4n) is 4.93. The molecule has 8 heteroatoms. The molecule has 176 valence electrons. The van der Waals surface area contributed by atoms with Gasteiger partial charge in [0.1, 0.15) is 5.03 Å². The highest BCUT2D eigenvalue weighted by molar-refractivity contribution is 9.10. The van der Waals surface area contributed by atoms with Crippen LogP contribution in [0.15, 0.2) is 61.9 Å². The van der Waals surface area contributed by atoms with E-state index in [0.717, 1.165) is 56.8 Å². The van der Waals surface area contributed by atoms with Crippen molar-refractivity contribution in [3.8, 4) is 5.69 Å². The minimum atomic E-state index is -0.116. The molecule has 0 unspecified atom stereocenters. The maximum atomic E-state index is 13.8. The summed E-state index contributed by atoms with van der Waals surface area (Å²) in [5.41, 5.74) is 4.50. The summed E-state index contributed by atoms with van der Waals surface area (Å²) in [6.07, 6.45) is 4.56. The molecule has 34 heavy (non-hydrogen) atoms. The van der Waals surface area contributed by atoms with Crippen LogP contribution in [0.5, 0.6) is 0 Å². The number of para-hydroxylation sites is 1. The van der Waals surface area contributed by atoms with Crippen molar-refractivity contribution in [1.82, 2.24) is 9.55 Å². The number of amides is 1. The van der Waals surface area contributed by atoms with Gasteiger partial charge in [-0.1, -0.05) is 58.7 Å². The van der Waals surface area contributed by atoms with E-state index in [2.05, 4.69) is 21.2 Å². The molecular weight excluding hydrogens is 530 g/mol. The molecule has 1 saturated carbocycles. The van der Waals surface area contributed by atoms with Gasteiger partial charge >= 0.3 is 0 Å². The summed E-state index contributed by atoms with van der Waals surface area (Å²) in [4.78, 5) is 31.6. The van der Waals surface area contributed by atoms with Crippen LogP contribution >= 0.6 is 39.5 Å². The second-order valence-electron chi connectivity index (χ2n) is 8.89. The molecule has 0 radical (unpaired) electrons. The van der Waals surface area contributed by atoms with Crippen LogP contribution in [-0.4, -0.2) is 26.5 Å². The van der Waals surface area contributed by atoms with Crippen LogP contribution in [0, 0.1) is 13.8 Å². The summed E-state index contributed by atoms with van der Waals surface area (Å²) >= 11 is 6.57. The molecule has 3 aromatic rings. The van der Waals surface area contributed by atoms with Crippen LogP contribution in [0.3, 0.4) is 0 Å². The number of anilines is 1. The van der Waals surface area contributed by atoms with E-state index in [-0.39, 0.29) is 23.1 Å². The summed E-state index contributed by atoms with van der Waals surface area (Å²) in [5, 5.41) is 4.91. The molecule has 1 fully saturated rings. The molecule has 2 aliphatic rings. The first-order chi connectivity index (χ1) is 16.4. The molecule has 1 aliphatic heterocycles. The lowest BCUT2D eigenvalue weighted by molar-refractivity contribution is -0.113. The third-order valence-electron chi connectivity index (χ3n) is 6.50. The molecule has 2 heterocycles. The quantitative estimate of drug-likeness (QED) is 0.222. The predicted octanol–water partition coefficient (Wildman–Crippen LogP) is 6.47. The van der Waals surface area contributed by atoms with Gasteiger partial charge in [0.05, 0.1) is 17.0 Å². The number of rotatable bonds is 5. The number of hydrogen-bond donors (Lipinski definition) is 1. The molecule has 1 N–H and O–H groups in total. The standard InChI is InChI=1S/C26H26BrN3O2S2/c1-15-12-17(27)13-16(2)23(15)28-21(31)14-33-26-29-24-22(19-10-6-7-11-20(19)34-24)25(32)30(26)18-8-4-3-5-9-18/h3-5,8-9,12-13,19-20H,6-7,10-11,14H2,1-2H3,(H,28,31)/t19-,20-/m1/s1. The van der Waals surface area contributed by atoms with Gasteiger partial charge < -0.3 is 5.32 Å². The van der Waals surface area contributed by atoms with Gasteiger partial charge in [-0.3, -0.25) is 14.2 Å². The van der Waals surface area contributed by atoms with E-state index >= 15 is 0 Å². The second kappa shape index (κ2) is 9.91. The zero-order valence-electron chi connectivity index (χ0n) is 19.1. The van der Waals surface area contributed by atoms with E-state index in [1.54, 1.807) is 16.3 Å². The van der Waals surface area contributed by atoms with Crippen LogP contribution < -0.4 is 10.9 Å². The molecule has 2 aromatic carbocycles. The van der Waals surface area contributed by atoms with E-state index in [1.807, 2.05) is 56.3 Å². The van der Waals surface area contributed by atoms with Crippen LogP contribution in [0.1, 0.15) is 48.3 Å². The van der Waals surface area contributed by atoms with Crippen LogP contribution in [0.4, 0.5) is 5.69 Å². The highest BCUT2D eigenvalue weighted by Gasteiger charge is 2.39. The maximum absolute atomic E-state index is 13.8. The van der Waals surface area contributed by atoms with Gasteiger partial charge in [-0.15, -0.1) is 11.8 Å². The summed E-state index contributed by atoms with van der Waals surface area (Å²) < 4.78 is 2.69. The van der Waals surface area contributed by atoms with Crippen molar-refractivity contribution in [1.29, 1.82) is 0 Å². The van der Waals surface area contributed by atoms with E-state index in [9.17, 15) is 9.59 Å². The number of aryl methyl sites for hydroxylation is 2. The Balaban J connectivity index is 1.45. The first-order valence-corrected chi connectivity index (χ1v) is 14.2. The Kier molecular flexibility index (Phi) is 6.91. The summed E-state index contributed by atoms with van der Waals surface area (Å²) in [7, 11) is 0. The smallest absolute Gasteiger partial charge is 0.263 e. The molecule has 5 rings (SSSR count). The Morgan fingerprint density at radius 1 is 1.18 bits per heavy atom. The zero-order valence-corrected chi connectivity index (χ0v) is 22.4. The summed E-state index contributed by atoms with van der Waals surface area (Å²) in [6.45, 7) is 3.96. The van der Waals surface area contributed by atoms with E-state index < -0.39 is 0 Å². The van der Waals surface area contributed by atoms with Gasteiger partial charge in [0, 0.05) is 21.3 Å². The number of benzene rings is 2. The Bertz CT molecular complexity index is 1290. The lowest BCUT2D eigenvalue weighted by Crippen LogP contribution is -2.29. The second-order valence-corrected chi connectivity index (χ2v) is 12.0. The van der Waals surface area contributed by atoms with Crippen LogP contribution in [0.2, 0.25) is 0 Å². The van der Waals surface area contributed by atoms with Crippen LogP contribution in [0.25, 0.3) is 5.69 Å². The molecule has 0 bridgehead atoms. The predicted molar refractivity (Wildman–Crippen MR) is 144 cm³/mol. The summed E-state index contributed by atoms with van der Waals surface area (Å²) in [6, 6.07) is 13.6. The Labute approximate surface area is 216 Å². The lowest BCUT2D eigenvalue weighted by atomic mass is 9.85. The minimum Gasteiger partial charge on any atom is -0.325 e. The van der Waals surface area contributed by atoms with Gasteiger partial charge in [-0.2, -0.15) is 0 Å². The minimum absolute atomic E-state index is 0.0145. The van der Waals surface area contributed by atoms with Crippen molar-refractivity contribution < 1.29 is 4.79 Å². The third-order valence-corrected chi connectivity index (χ3v) is 9.30. The Hall–Kier alpha value is -2.03. The fourth-order valence-corrected chi connectivity index (χ4v) is 7.99. The molecule has 5 nitrogen and oxygen atoms in total. The highest BCUT2D eigenvalue weighted by atomic mass is 79.9. The van der Waals surface area contributed by atoms with Crippen molar-refractivity contribution >= 4 is 51.0 Å². The number of carbonyl (C=O) groups excluding carboxylic acids is 1. The molecule has 1 amide bonds. The van der Waals surface area contributed by atoms with Crippen molar-refractivity contribution in [2.24, 2.45) is 0 Å². The van der Waals surface area contributed by atoms with Gasteiger partial charge in [-0.05, 0) is 62.1 Å². The largest absolute Gasteiger partial charge is 0.325 e. The van der Waals surface area contributed by atoms with E-state index in [0.29, 0.717) is 10.4 Å². The number of aromatic nitrogens is 2. The topological polar surface area (TPSA) is 64.0 Å². The number of carbonyl (C=O) groups is 1. The summed E-state index contributed by atoms with van der Waals surface area (Å²) in [5.74, 6) is 0.341. The first kappa shape index (κ1) is 23.7. The van der Waals surface area contributed by atoms with Crippen molar-refractivity contribution in [3.05, 3.63) is 74.0 Å². The average molecular weight is 557 g/mol. The molecule has 2 atom stereocenters. The van der Waals surface area contributed by atoms with Crippen molar-refractivity contribution in [3.63, 3.8) is 0 Å². The van der Waals surface area contributed by atoms with Crippen molar-refractivity contribution in [2.75, 3.05) is 11.1 Å². The SMILES string of the molecule is Cc1cc(Br)cc(C)c1NC(=O)CSc1nc2c(c(=O)n1-c1ccccc1)[C@@H]1CCCC[C@H]1S2. The molecule has 1 aromatic heterocycles. The Morgan fingerprint density at radius 2 is 1.88 bits per heavy atom.